The summed E-state index contributed by atoms with van der Waals surface area (Å²) in [5, 5.41) is 11.3. The first-order valence-corrected chi connectivity index (χ1v) is 5.31. The number of methoxy groups -OCH3 is 1. The monoisotopic (exact) mass is 247 g/mol. The van der Waals surface area contributed by atoms with Crippen LogP contribution in [0.15, 0.2) is 12.1 Å². The van der Waals surface area contributed by atoms with Gasteiger partial charge in [0.15, 0.2) is 0 Å². The van der Waals surface area contributed by atoms with Crippen molar-refractivity contribution in [2.75, 3.05) is 12.4 Å². The zero-order valence-corrected chi connectivity index (χ0v) is 10.2. The molecule has 0 saturated carbocycles. The maximum atomic E-state index is 11.5. The number of amides is 1. The zero-order chi connectivity index (χ0) is 13.5. The number of nitrogens with one attached hydrogen (secondary N) is 1. The Kier molecular flexibility index (Phi) is 4.81. The molecule has 1 aromatic rings. The Bertz CT molecular complexity index is 506. The summed E-state index contributed by atoms with van der Waals surface area (Å²) in [4.78, 5) is 26.4. The maximum Gasteiger partial charge on any atom is 0.306 e. The Hall–Kier alpha value is -2.42. The van der Waals surface area contributed by atoms with Crippen LogP contribution in [-0.4, -0.2) is 24.0 Å². The van der Waals surface area contributed by atoms with Crippen LogP contribution in [0.25, 0.3) is 0 Å². The van der Waals surface area contributed by atoms with Crippen molar-refractivity contribution in [3.05, 3.63) is 23.4 Å². The zero-order valence-electron chi connectivity index (χ0n) is 10.2. The second-order valence-electron chi connectivity index (χ2n) is 3.57. The highest BCUT2D eigenvalue weighted by Gasteiger charge is 2.08. The molecule has 0 radical (unpaired) electrons. The van der Waals surface area contributed by atoms with Crippen LogP contribution in [0.3, 0.4) is 0 Å². The number of anilines is 1. The number of esters is 1. The molecular weight excluding hydrogens is 234 g/mol. The minimum absolute atomic E-state index is 0.0254. The fourth-order valence-electron chi connectivity index (χ4n) is 1.27. The van der Waals surface area contributed by atoms with Crippen molar-refractivity contribution in [1.29, 1.82) is 5.26 Å². The molecule has 6 nitrogen and oxygen atoms in total. The molecule has 1 heterocycles. The summed E-state index contributed by atoms with van der Waals surface area (Å²) in [7, 11) is 1.27. The van der Waals surface area contributed by atoms with E-state index in [0.717, 1.165) is 0 Å². The van der Waals surface area contributed by atoms with Crippen molar-refractivity contribution in [2.24, 2.45) is 0 Å². The predicted octanol–water partition coefficient (Wildman–Crippen LogP) is 1.15. The van der Waals surface area contributed by atoms with E-state index >= 15 is 0 Å². The van der Waals surface area contributed by atoms with Crippen molar-refractivity contribution >= 4 is 17.7 Å². The lowest BCUT2D eigenvalue weighted by atomic mass is 10.2. The molecule has 1 N–H and O–H groups in total. The number of aryl methyl sites for hydroxylation is 1. The quantitative estimate of drug-likeness (QED) is 0.806. The summed E-state index contributed by atoms with van der Waals surface area (Å²) in [6, 6.07) is 5.11. The molecule has 18 heavy (non-hydrogen) atoms. The highest BCUT2D eigenvalue weighted by Crippen LogP contribution is 2.09. The van der Waals surface area contributed by atoms with Gasteiger partial charge >= 0.3 is 5.97 Å². The molecule has 0 aliphatic heterocycles. The van der Waals surface area contributed by atoms with E-state index in [2.05, 4.69) is 15.0 Å². The Morgan fingerprint density at radius 2 is 2.17 bits per heavy atom. The first-order chi connectivity index (χ1) is 8.56. The van der Waals surface area contributed by atoms with Crippen LogP contribution in [0.5, 0.6) is 0 Å². The van der Waals surface area contributed by atoms with E-state index < -0.39 is 5.97 Å². The summed E-state index contributed by atoms with van der Waals surface area (Å²) in [5.74, 6) is -0.396. The molecule has 94 valence electrons. The van der Waals surface area contributed by atoms with E-state index in [0.29, 0.717) is 17.1 Å². The molecule has 0 bridgehead atoms. The lowest BCUT2D eigenvalue weighted by Gasteiger charge is -2.05. The van der Waals surface area contributed by atoms with Gasteiger partial charge in [-0.1, -0.05) is 0 Å². The van der Waals surface area contributed by atoms with Gasteiger partial charge in [0.2, 0.25) is 5.91 Å². The van der Waals surface area contributed by atoms with E-state index in [9.17, 15) is 9.59 Å². The van der Waals surface area contributed by atoms with E-state index in [1.807, 2.05) is 6.07 Å². The number of carbonyl (C=O) groups excluding carboxylic acids is 2. The van der Waals surface area contributed by atoms with E-state index in [4.69, 9.17) is 5.26 Å². The number of nitriles is 1. The minimum atomic E-state index is -0.436. The van der Waals surface area contributed by atoms with Gasteiger partial charge in [0.1, 0.15) is 11.9 Å². The summed E-state index contributed by atoms with van der Waals surface area (Å²) in [6.45, 7) is 1.68. The summed E-state index contributed by atoms with van der Waals surface area (Å²) in [5.41, 5.74) is 1.01. The molecule has 1 amide bonds. The number of rotatable bonds is 4. The molecule has 0 unspecified atom stereocenters. The van der Waals surface area contributed by atoms with Gasteiger partial charge in [0.25, 0.3) is 0 Å². The highest BCUT2D eigenvalue weighted by atomic mass is 16.5. The molecular formula is C12H13N3O3. The number of hydrogen-bond acceptors (Lipinski definition) is 5. The van der Waals surface area contributed by atoms with Gasteiger partial charge in [-0.25, -0.2) is 4.98 Å². The van der Waals surface area contributed by atoms with Gasteiger partial charge in [-0.05, 0) is 19.1 Å². The third-order valence-corrected chi connectivity index (χ3v) is 2.26. The number of carbonyl (C=O) groups is 2. The van der Waals surface area contributed by atoms with Crippen LogP contribution in [0.1, 0.15) is 24.1 Å². The van der Waals surface area contributed by atoms with Crippen molar-refractivity contribution < 1.29 is 14.3 Å². The van der Waals surface area contributed by atoms with E-state index in [-0.39, 0.29) is 18.7 Å². The number of ether oxygens (including phenoxy) is 1. The van der Waals surface area contributed by atoms with Gasteiger partial charge in [-0.3, -0.25) is 9.59 Å². The van der Waals surface area contributed by atoms with Crippen LogP contribution in [0.4, 0.5) is 5.82 Å². The molecule has 0 atom stereocenters. The minimum Gasteiger partial charge on any atom is -0.469 e. The van der Waals surface area contributed by atoms with Crippen molar-refractivity contribution in [2.45, 2.75) is 19.8 Å². The average molecular weight is 247 g/mol. The third kappa shape index (κ3) is 3.87. The van der Waals surface area contributed by atoms with Gasteiger partial charge < -0.3 is 10.1 Å². The molecule has 0 fully saturated rings. The second-order valence-corrected chi connectivity index (χ2v) is 3.57. The number of hydrogen-bond donors (Lipinski definition) is 1. The first-order valence-electron chi connectivity index (χ1n) is 5.31. The van der Waals surface area contributed by atoms with Crippen molar-refractivity contribution in [1.82, 2.24) is 4.98 Å². The Balaban J connectivity index is 2.58. The molecule has 0 aromatic carbocycles. The smallest absolute Gasteiger partial charge is 0.306 e. The molecule has 1 rings (SSSR count). The molecule has 6 heteroatoms. The van der Waals surface area contributed by atoms with E-state index in [1.54, 1.807) is 19.1 Å². The topological polar surface area (TPSA) is 92.1 Å². The highest BCUT2D eigenvalue weighted by molar-refractivity contribution is 5.91. The molecule has 1 aromatic heterocycles. The number of aromatic nitrogens is 1. The fourth-order valence-corrected chi connectivity index (χ4v) is 1.27. The van der Waals surface area contributed by atoms with Crippen LogP contribution in [-0.2, 0) is 14.3 Å². The van der Waals surface area contributed by atoms with Crippen molar-refractivity contribution in [3.63, 3.8) is 0 Å². The van der Waals surface area contributed by atoms with Gasteiger partial charge in [-0.2, -0.15) is 5.26 Å². The van der Waals surface area contributed by atoms with Gasteiger partial charge in [0.05, 0.1) is 24.8 Å². The normalized spacial score (nSPS) is 9.39. The summed E-state index contributed by atoms with van der Waals surface area (Å²) in [6.07, 6.45) is 0.0605. The maximum absolute atomic E-state index is 11.5. The largest absolute Gasteiger partial charge is 0.469 e. The molecule has 0 aliphatic carbocycles. The summed E-state index contributed by atoms with van der Waals surface area (Å²) < 4.78 is 4.43. The number of pyridine rings is 1. The Morgan fingerprint density at radius 1 is 1.44 bits per heavy atom. The lowest BCUT2D eigenvalue weighted by molar-refractivity contribution is -0.141. The second kappa shape index (κ2) is 6.35. The molecule has 0 saturated heterocycles. The molecule has 0 spiro atoms. The number of nitrogens with zero attached hydrogens (tertiary/aromatic N) is 2. The van der Waals surface area contributed by atoms with Gasteiger partial charge in [-0.15, -0.1) is 0 Å². The predicted molar refractivity (Wildman–Crippen MR) is 63.6 cm³/mol. The lowest BCUT2D eigenvalue weighted by Crippen LogP contribution is -2.15. The van der Waals surface area contributed by atoms with Crippen LogP contribution in [0, 0.1) is 18.3 Å². The van der Waals surface area contributed by atoms with E-state index in [1.165, 1.54) is 7.11 Å². The van der Waals surface area contributed by atoms with Crippen LogP contribution >= 0.6 is 0 Å². The Labute approximate surface area is 105 Å². The SMILES string of the molecule is COC(=O)CCC(=O)Nc1ccc(C#N)c(C)n1. The Morgan fingerprint density at radius 3 is 2.72 bits per heavy atom. The van der Waals surface area contributed by atoms with Crippen molar-refractivity contribution in [3.8, 4) is 6.07 Å². The third-order valence-electron chi connectivity index (χ3n) is 2.26. The fraction of sp³-hybridized carbons (Fsp3) is 0.333. The van der Waals surface area contributed by atoms with Crippen LogP contribution in [0.2, 0.25) is 0 Å². The average Bonchev–Trinajstić information content (AvgIpc) is 2.36. The van der Waals surface area contributed by atoms with Gasteiger partial charge in [0, 0.05) is 6.42 Å². The van der Waals surface area contributed by atoms with Crippen LogP contribution < -0.4 is 5.32 Å². The first kappa shape index (κ1) is 13.6. The summed E-state index contributed by atoms with van der Waals surface area (Å²) >= 11 is 0. The standard InChI is InChI=1S/C12H13N3O3/c1-8-9(7-13)3-4-10(14-8)15-11(16)5-6-12(17)18-2/h3-4H,5-6H2,1-2H3,(H,14,15,16). The molecule has 0 aliphatic rings.